The first kappa shape index (κ1) is 18.5. The fraction of sp³-hybridized carbons (Fsp3) is 0.238. The van der Waals surface area contributed by atoms with Crippen LogP contribution in [0.15, 0.2) is 41.5 Å². The molecule has 2 aromatic carbocycles. The molecule has 140 valence electrons. The Labute approximate surface area is 158 Å². The van der Waals surface area contributed by atoms with E-state index in [0.29, 0.717) is 17.2 Å². The van der Waals surface area contributed by atoms with E-state index in [2.05, 4.69) is 34.6 Å². The quantitative estimate of drug-likeness (QED) is 0.520. The molecule has 0 unspecified atom stereocenters. The van der Waals surface area contributed by atoms with E-state index in [4.69, 9.17) is 14.2 Å². The Morgan fingerprint density at radius 1 is 0.926 bits per heavy atom. The van der Waals surface area contributed by atoms with E-state index < -0.39 is 0 Å². The van der Waals surface area contributed by atoms with Gasteiger partial charge in [-0.15, -0.1) is 0 Å². The number of pyridine rings is 1. The Morgan fingerprint density at radius 2 is 1.63 bits per heavy atom. The van der Waals surface area contributed by atoms with Crippen LogP contribution in [0.1, 0.15) is 16.8 Å². The van der Waals surface area contributed by atoms with Crippen LogP contribution in [-0.2, 0) is 0 Å². The molecule has 0 aliphatic carbocycles. The molecule has 0 bridgehead atoms. The van der Waals surface area contributed by atoms with Crippen molar-refractivity contribution in [3.05, 3.63) is 53.2 Å². The van der Waals surface area contributed by atoms with Gasteiger partial charge in [0.2, 0.25) is 5.75 Å². The van der Waals surface area contributed by atoms with Crippen LogP contribution in [-0.4, -0.2) is 32.5 Å². The van der Waals surface area contributed by atoms with E-state index in [0.717, 1.165) is 27.8 Å². The normalized spacial score (nSPS) is 11.0. The summed E-state index contributed by atoms with van der Waals surface area (Å²) in [6, 6.07) is 11.8. The molecule has 0 aliphatic heterocycles. The molecule has 3 rings (SSSR count). The van der Waals surface area contributed by atoms with Crippen molar-refractivity contribution in [3.8, 4) is 17.2 Å². The zero-order chi connectivity index (χ0) is 19.4. The lowest BCUT2D eigenvalue weighted by Crippen LogP contribution is -1.98. The maximum atomic E-state index is 5.38. The Morgan fingerprint density at radius 3 is 2.26 bits per heavy atom. The molecule has 0 spiro atoms. The third-order valence-corrected chi connectivity index (χ3v) is 4.18. The van der Waals surface area contributed by atoms with Crippen molar-refractivity contribution in [2.75, 3.05) is 26.8 Å². The summed E-state index contributed by atoms with van der Waals surface area (Å²) in [6.07, 6.45) is 1.71. The lowest BCUT2D eigenvalue weighted by atomic mass is 10.1. The predicted octanol–water partition coefficient (Wildman–Crippen LogP) is 4.32. The van der Waals surface area contributed by atoms with Gasteiger partial charge in [-0.25, -0.2) is 0 Å². The maximum absolute atomic E-state index is 5.38. The highest BCUT2D eigenvalue weighted by molar-refractivity contribution is 5.92. The summed E-state index contributed by atoms with van der Waals surface area (Å²) < 4.78 is 16.1. The summed E-state index contributed by atoms with van der Waals surface area (Å²) in [5.74, 6) is 1.72. The smallest absolute Gasteiger partial charge is 0.203 e. The number of fused-ring (bicyclic) bond motifs is 1. The number of aromatic nitrogens is 1. The minimum absolute atomic E-state index is 0.552. The van der Waals surface area contributed by atoms with Crippen molar-refractivity contribution in [2.24, 2.45) is 5.10 Å². The van der Waals surface area contributed by atoms with E-state index in [1.165, 1.54) is 5.56 Å². The van der Waals surface area contributed by atoms with Gasteiger partial charge in [-0.2, -0.15) is 5.10 Å². The van der Waals surface area contributed by atoms with Gasteiger partial charge in [-0.05, 0) is 44.2 Å². The summed E-state index contributed by atoms with van der Waals surface area (Å²) in [4.78, 5) is 4.57. The monoisotopic (exact) mass is 365 g/mol. The molecule has 0 radical (unpaired) electrons. The topological polar surface area (TPSA) is 65.0 Å². The van der Waals surface area contributed by atoms with Crippen molar-refractivity contribution in [1.82, 2.24) is 4.98 Å². The SMILES string of the molecule is COc1cc(/C=N/Nc2cc(C)nc3ccc(C)cc23)cc(OC)c1OC. The molecule has 0 atom stereocenters. The summed E-state index contributed by atoms with van der Waals surface area (Å²) in [6.45, 7) is 4.02. The number of hydrogen-bond acceptors (Lipinski definition) is 6. The summed E-state index contributed by atoms with van der Waals surface area (Å²) in [5.41, 5.74) is 7.89. The van der Waals surface area contributed by atoms with Crippen LogP contribution in [0.5, 0.6) is 17.2 Å². The molecule has 1 heterocycles. The van der Waals surface area contributed by atoms with Gasteiger partial charge in [-0.1, -0.05) is 11.6 Å². The molecule has 3 aromatic rings. The zero-order valence-corrected chi connectivity index (χ0v) is 16.2. The number of benzene rings is 2. The Balaban J connectivity index is 1.92. The zero-order valence-electron chi connectivity index (χ0n) is 16.2. The first-order chi connectivity index (χ1) is 13.0. The fourth-order valence-corrected chi connectivity index (χ4v) is 2.92. The number of hydrazone groups is 1. The standard InChI is InChI=1S/C21H23N3O3/c1-13-6-7-17-16(8-13)18(9-14(2)23-17)24-22-12-15-10-19(25-3)21(27-5)20(11-15)26-4/h6-12H,1-5H3,(H,23,24)/b22-12+. The number of hydrogen-bond donors (Lipinski definition) is 1. The Kier molecular flexibility index (Phi) is 5.45. The number of nitrogens with zero attached hydrogens (tertiary/aromatic N) is 2. The molecular weight excluding hydrogens is 342 g/mol. The van der Waals surface area contributed by atoms with Crippen LogP contribution in [0.4, 0.5) is 5.69 Å². The molecule has 1 aromatic heterocycles. The van der Waals surface area contributed by atoms with Crippen LogP contribution in [0.3, 0.4) is 0 Å². The highest BCUT2D eigenvalue weighted by Crippen LogP contribution is 2.37. The average Bonchev–Trinajstić information content (AvgIpc) is 2.67. The first-order valence-electron chi connectivity index (χ1n) is 8.52. The molecule has 0 saturated heterocycles. The van der Waals surface area contributed by atoms with Crippen LogP contribution in [0.25, 0.3) is 10.9 Å². The number of aryl methyl sites for hydroxylation is 2. The summed E-state index contributed by atoms with van der Waals surface area (Å²) >= 11 is 0. The number of ether oxygens (including phenoxy) is 3. The number of nitrogens with one attached hydrogen (secondary N) is 1. The average molecular weight is 365 g/mol. The molecule has 0 fully saturated rings. The van der Waals surface area contributed by atoms with E-state index in [-0.39, 0.29) is 0 Å². The molecule has 27 heavy (non-hydrogen) atoms. The molecule has 0 saturated carbocycles. The van der Waals surface area contributed by atoms with E-state index in [9.17, 15) is 0 Å². The van der Waals surface area contributed by atoms with Crippen LogP contribution in [0, 0.1) is 13.8 Å². The highest BCUT2D eigenvalue weighted by Gasteiger charge is 2.12. The van der Waals surface area contributed by atoms with Gasteiger partial charge in [0.15, 0.2) is 11.5 Å². The largest absolute Gasteiger partial charge is 0.493 e. The molecular formula is C21H23N3O3. The van der Waals surface area contributed by atoms with Crippen LogP contribution in [0.2, 0.25) is 0 Å². The van der Waals surface area contributed by atoms with Gasteiger partial charge in [0.05, 0.1) is 38.7 Å². The van der Waals surface area contributed by atoms with E-state index >= 15 is 0 Å². The highest BCUT2D eigenvalue weighted by atomic mass is 16.5. The van der Waals surface area contributed by atoms with Gasteiger partial charge in [0, 0.05) is 16.6 Å². The van der Waals surface area contributed by atoms with Gasteiger partial charge in [0.1, 0.15) is 0 Å². The maximum Gasteiger partial charge on any atom is 0.203 e. The molecule has 6 heteroatoms. The van der Waals surface area contributed by atoms with Crippen molar-refractivity contribution >= 4 is 22.8 Å². The molecule has 0 aliphatic rings. The van der Waals surface area contributed by atoms with E-state index in [1.54, 1.807) is 27.5 Å². The van der Waals surface area contributed by atoms with Crippen LogP contribution >= 0.6 is 0 Å². The Bertz CT molecular complexity index is 974. The summed E-state index contributed by atoms with van der Waals surface area (Å²) in [5, 5.41) is 5.41. The number of methoxy groups -OCH3 is 3. The van der Waals surface area contributed by atoms with Gasteiger partial charge < -0.3 is 14.2 Å². The Hall–Kier alpha value is -3.28. The third-order valence-electron chi connectivity index (χ3n) is 4.18. The molecule has 6 nitrogen and oxygen atoms in total. The van der Waals surface area contributed by atoms with Crippen molar-refractivity contribution < 1.29 is 14.2 Å². The van der Waals surface area contributed by atoms with Gasteiger partial charge in [-0.3, -0.25) is 10.4 Å². The lowest BCUT2D eigenvalue weighted by molar-refractivity contribution is 0.324. The second-order valence-corrected chi connectivity index (χ2v) is 6.16. The van der Waals surface area contributed by atoms with Gasteiger partial charge >= 0.3 is 0 Å². The van der Waals surface area contributed by atoms with Gasteiger partial charge in [0.25, 0.3) is 0 Å². The van der Waals surface area contributed by atoms with Crippen LogP contribution < -0.4 is 19.6 Å². The number of anilines is 1. The summed E-state index contributed by atoms with van der Waals surface area (Å²) in [7, 11) is 4.75. The third kappa shape index (κ3) is 3.95. The van der Waals surface area contributed by atoms with Crippen molar-refractivity contribution in [1.29, 1.82) is 0 Å². The number of rotatable bonds is 6. The minimum Gasteiger partial charge on any atom is -0.493 e. The fourth-order valence-electron chi connectivity index (χ4n) is 2.92. The second kappa shape index (κ2) is 7.95. The predicted molar refractivity (Wildman–Crippen MR) is 109 cm³/mol. The minimum atomic E-state index is 0.552. The van der Waals surface area contributed by atoms with Crippen molar-refractivity contribution in [2.45, 2.75) is 13.8 Å². The van der Waals surface area contributed by atoms with E-state index in [1.807, 2.05) is 31.2 Å². The first-order valence-corrected chi connectivity index (χ1v) is 8.52. The van der Waals surface area contributed by atoms with Crippen molar-refractivity contribution in [3.63, 3.8) is 0 Å². The lowest BCUT2D eigenvalue weighted by Gasteiger charge is -2.12. The second-order valence-electron chi connectivity index (χ2n) is 6.16. The molecule has 1 N–H and O–H groups in total. The molecule has 0 amide bonds.